The van der Waals surface area contributed by atoms with Gasteiger partial charge in [0.1, 0.15) is 0 Å². The van der Waals surface area contributed by atoms with E-state index in [0.717, 1.165) is 30.6 Å². The van der Waals surface area contributed by atoms with Crippen molar-refractivity contribution in [3.63, 3.8) is 0 Å². The summed E-state index contributed by atoms with van der Waals surface area (Å²) in [6, 6.07) is -0.194. The van der Waals surface area contributed by atoms with Gasteiger partial charge in [0.25, 0.3) is 10.0 Å². The Bertz CT molecular complexity index is 529. The first-order chi connectivity index (χ1) is 8.44. The van der Waals surface area contributed by atoms with Gasteiger partial charge in [-0.25, -0.2) is 18.1 Å². The summed E-state index contributed by atoms with van der Waals surface area (Å²) >= 11 is 6.67. The molecule has 2 atom stereocenters. The normalized spacial score (nSPS) is 24.6. The van der Waals surface area contributed by atoms with Crippen LogP contribution in [0.3, 0.4) is 0 Å². The minimum absolute atomic E-state index is 0.00322. The molecule has 2 unspecified atom stereocenters. The number of nitrogens with zero attached hydrogens (tertiary/aromatic N) is 1. The Kier molecular flexibility index (Phi) is 4.28. The highest BCUT2D eigenvalue weighted by molar-refractivity contribution is 7.91. The number of aryl methyl sites for hydroxylation is 1. The first-order valence-corrected chi connectivity index (χ1v) is 8.38. The van der Waals surface area contributed by atoms with Crippen LogP contribution in [0.25, 0.3) is 0 Å². The summed E-state index contributed by atoms with van der Waals surface area (Å²) in [5.41, 5.74) is 0.413. The zero-order valence-corrected chi connectivity index (χ0v) is 12.3. The zero-order chi connectivity index (χ0) is 13.3. The van der Waals surface area contributed by atoms with Crippen molar-refractivity contribution in [2.45, 2.75) is 36.4 Å². The van der Waals surface area contributed by atoms with Crippen molar-refractivity contribution in [3.05, 3.63) is 10.2 Å². The lowest BCUT2D eigenvalue weighted by Crippen LogP contribution is -2.38. The number of aliphatic hydroxyl groups excluding tert-OH is 1. The standard InChI is InChI=1S/C10H15ClN2O3S2/c1-6-9(17-10(11)12-6)18(15,16)13-8-4-2-3-7(8)5-14/h7-8,13-14H,2-5H2,1H3. The van der Waals surface area contributed by atoms with Crippen molar-refractivity contribution in [3.8, 4) is 0 Å². The molecule has 0 spiro atoms. The van der Waals surface area contributed by atoms with Crippen molar-refractivity contribution in [1.29, 1.82) is 0 Å². The van der Waals surface area contributed by atoms with Gasteiger partial charge in [0.15, 0.2) is 8.68 Å². The van der Waals surface area contributed by atoms with Crippen LogP contribution in [0.5, 0.6) is 0 Å². The summed E-state index contributed by atoms with van der Waals surface area (Å²) in [7, 11) is -3.59. The van der Waals surface area contributed by atoms with E-state index >= 15 is 0 Å². The summed E-state index contributed by atoms with van der Waals surface area (Å²) in [5.74, 6) is 0.00322. The number of hydrogen-bond donors (Lipinski definition) is 2. The lowest BCUT2D eigenvalue weighted by molar-refractivity contribution is 0.213. The third-order valence-electron chi connectivity index (χ3n) is 3.17. The lowest BCUT2D eigenvalue weighted by atomic mass is 10.1. The summed E-state index contributed by atoms with van der Waals surface area (Å²) in [5, 5.41) is 9.20. The molecule has 1 aromatic rings. The number of hydrogen-bond acceptors (Lipinski definition) is 5. The van der Waals surface area contributed by atoms with Crippen LogP contribution in [0.1, 0.15) is 25.0 Å². The maximum Gasteiger partial charge on any atom is 0.252 e. The van der Waals surface area contributed by atoms with Crippen LogP contribution in [0.4, 0.5) is 0 Å². The van der Waals surface area contributed by atoms with Crippen LogP contribution in [0.15, 0.2) is 4.21 Å². The number of aromatic nitrogens is 1. The lowest BCUT2D eigenvalue weighted by Gasteiger charge is -2.18. The molecule has 2 rings (SSSR count). The van der Waals surface area contributed by atoms with Crippen LogP contribution < -0.4 is 4.72 Å². The Morgan fingerprint density at radius 1 is 1.56 bits per heavy atom. The van der Waals surface area contributed by atoms with Gasteiger partial charge in [0, 0.05) is 12.6 Å². The van der Waals surface area contributed by atoms with Crippen LogP contribution in [-0.2, 0) is 10.0 Å². The maximum absolute atomic E-state index is 12.2. The summed E-state index contributed by atoms with van der Waals surface area (Å²) in [6.07, 6.45) is 2.54. The van der Waals surface area contributed by atoms with E-state index in [2.05, 4.69) is 9.71 Å². The van der Waals surface area contributed by atoms with E-state index in [1.165, 1.54) is 0 Å². The fourth-order valence-electron chi connectivity index (χ4n) is 2.26. The molecule has 0 aromatic carbocycles. The molecule has 0 bridgehead atoms. The molecule has 5 nitrogen and oxygen atoms in total. The summed E-state index contributed by atoms with van der Waals surface area (Å²) in [6.45, 7) is 1.63. The van der Waals surface area contributed by atoms with E-state index in [-0.39, 0.29) is 27.2 Å². The molecule has 1 aliphatic carbocycles. The topological polar surface area (TPSA) is 79.3 Å². The van der Waals surface area contributed by atoms with Crippen LogP contribution in [0.2, 0.25) is 4.47 Å². The number of aliphatic hydroxyl groups is 1. The number of sulfonamides is 1. The average Bonchev–Trinajstić information content (AvgIpc) is 2.84. The predicted octanol–water partition coefficient (Wildman–Crippen LogP) is 1.54. The molecule has 0 aliphatic heterocycles. The molecule has 0 saturated heterocycles. The van der Waals surface area contributed by atoms with E-state index in [1.54, 1.807) is 6.92 Å². The molecule has 1 saturated carbocycles. The van der Waals surface area contributed by atoms with E-state index in [9.17, 15) is 13.5 Å². The van der Waals surface area contributed by atoms with Crippen LogP contribution >= 0.6 is 22.9 Å². The van der Waals surface area contributed by atoms with E-state index in [1.807, 2.05) is 0 Å². The average molecular weight is 311 g/mol. The molecular formula is C10H15ClN2O3S2. The highest BCUT2D eigenvalue weighted by Crippen LogP contribution is 2.30. The Hall–Kier alpha value is -0.210. The third kappa shape index (κ3) is 2.85. The SMILES string of the molecule is Cc1nc(Cl)sc1S(=O)(=O)NC1CCCC1CO. The molecule has 18 heavy (non-hydrogen) atoms. The molecule has 102 valence electrons. The van der Waals surface area contributed by atoms with Gasteiger partial charge < -0.3 is 5.11 Å². The zero-order valence-electron chi connectivity index (χ0n) is 9.89. The van der Waals surface area contributed by atoms with Crippen molar-refractivity contribution in [2.75, 3.05) is 6.61 Å². The van der Waals surface area contributed by atoms with Crippen molar-refractivity contribution >= 4 is 33.0 Å². The molecule has 0 radical (unpaired) electrons. The minimum Gasteiger partial charge on any atom is -0.396 e. The number of rotatable bonds is 4. The first-order valence-electron chi connectivity index (χ1n) is 5.70. The van der Waals surface area contributed by atoms with Crippen LogP contribution in [0, 0.1) is 12.8 Å². The van der Waals surface area contributed by atoms with Gasteiger partial charge in [0.2, 0.25) is 0 Å². The smallest absolute Gasteiger partial charge is 0.252 e. The van der Waals surface area contributed by atoms with Gasteiger partial charge in [-0.15, -0.1) is 0 Å². The highest BCUT2D eigenvalue weighted by Gasteiger charge is 2.32. The van der Waals surface area contributed by atoms with E-state index < -0.39 is 10.0 Å². The predicted molar refractivity (Wildman–Crippen MR) is 70.4 cm³/mol. The Morgan fingerprint density at radius 3 is 2.83 bits per heavy atom. The minimum atomic E-state index is -3.59. The Morgan fingerprint density at radius 2 is 2.28 bits per heavy atom. The molecule has 1 aromatic heterocycles. The van der Waals surface area contributed by atoms with E-state index in [0.29, 0.717) is 5.69 Å². The van der Waals surface area contributed by atoms with E-state index in [4.69, 9.17) is 11.6 Å². The maximum atomic E-state index is 12.2. The summed E-state index contributed by atoms with van der Waals surface area (Å²) in [4.78, 5) is 3.91. The number of thiazole rings is 1. The summed E-state index contributed by atoms with van der Waals surface area (Å²) < 4.78 is 27.4. The van der Waals surface area contributed by atoms with Gasteiger partial charge in [0.05, 0.1) is 5.69 Å². The van der Waals surface area contributed by atoms with Gasteiger partial charge in [-0.2, -0.15) is 0 Å². The van der Waals surface area contributed by atoms with Crippen molar-refractivity contribution in [2.24, 2.45) is 5.92 Å². The van der Waals surface area contributed by atoms with Crippen molar-refractivity contribution in [1.82, 2.24) is 9.71 Å². The van der Waals surface area contributed by atoms with Crippen molar-refractivity contribution < 1.29 is 13.5 Å². The Labute approximate surface area is 115 Å². The second kappa shape index (κ2) is 5.42. The molecule has 2 N–H and O–H groups in total. The monoisotopic (exact) mass is 310 g/mol. The second-order valence-corrected chi connectivity index (χ2v) is 7.93. The molecule has 1 aliphatic rings. The first kappa shape index (κ1) is 14.2. The number of halogens is 1. The molecule has 0 amide bonds. The molecule has 1 heterocycles. The highest BCUT2D eigenvalue weighted by atomic mass is 35.5. The fraction of sp³-hybridized carbons (Fsp3) is 0.700. The quantitative estimate of drug-likeness (QED) is 0.884. The van der Waals surface area contributed by atoms with Gasteiger partial charge >= 0.3 is 0 Å². The van der Waals surface area contributed by atoms with Gasteiger partial charge in [-0.05, 0) is 25.7 Å². The van der Waals surface area contributed by atoms with Gasteiger partial charge in [-0.1, -0.05) is 29.4 Å². The fourth-order valence-corrected chi connectivity index (χ4v) is 5.36. The second-order valence-electron chi connectivity index (χ2n) is 4.44. The van der Waals surface area contributed by atoms with Crippen LogP contribution in [-0.4, -0.2) is 31.2 Å². The third-order valence-corrected chi connectivity index (χ3v) is 6.53. The number of nitrogens with one attached hydrogen (secondary N) is 1. The molecule has 1 fully saturated rings. The molecule has 8 heteroatoms. The Balaban J connectivity index is 2.19. The van der Waals surface area contributed by atoms with Gasteiger partial charge in [-0.3, -0.25) is 0 Å². The largest absolute Gasteiger partial charge is 0.396 e. The molecular weight excluding hydrogens is 296 g/mol.